The molecule has 1 heterocycles. The number of aromatic nitrogens is 1. The van der Waals surface area contributed by atoms with Crippen molar-refractivity contribution in [2.45, 2.75) is 39.1 Å². The summed E-state index contributed by atoms with van der Waals surface area (Å²) >= 11 is 0. The monoisotopic (exact) mass is 338 g/mol. The third kappa shape index (κ3) is 5.18. The van der Waals surface area contributed by atoms with Gasteiger partial charge in [0.25, 0.3) is 0 Å². The van der Waals surface area contributed by atoms with E-state index in [4.69, 9.17) is 4.52 Å². The molecular weight excluding hydrogens is 311 g/mol. The molecule has 1 unspecified atom stereocenters. The van der Waals surface area contributed by atoms with Gasteiger partial charge in [-0.1, -0.05) is 18.2 Å². The minimum absolute atomic E-state index is 0.0350. The van der Waals surface area contributed by atoms with Crippen molar-refractivity contribution < 1.29 is 14.0 Å². The van der Waals surface area contributed by atoms with E-state index in [0.29, 0.717) is 0 Å². The summed E-state index contributed by atoms with van der Waals surface area (Å²) in [5.41, 5.74) is 1.50. The average molecular weight is 338 g/mol. The molecule has 0 fully saturated rings. The van der Waals surface area contributed by atoms with Gasteiger partial charge in [0, 0.05) is 23.6 Å². The number of hydrogen-bond acceptors (Lipinski definition) is 3. The maximum atomic E-state index is 12.4. The van der Waals surface area contributed by atoms with Gasteiger partial charge in [0.1, 0.15) is 6.29 Å². The highest BCUT2D eigenvalue weighted by Gasteiger charge is 2.28. The summed E-state index contributed by atoms with van der Waals surface area (Å²) in [4.78, 5) is 12.3. The summed E-state index contributed by atoms with van der Waals surface area (Å²) < 4.78 is 19.6. The molecule has 128 valence electrons. The van der Waals surface area contributed by atoms with Crippen LogP contribution in [0.15, 0.2) is 30.5 Å². The zero-order valence-electron chi connectivity index (χ0n) is 14.6. The van der Waals surface area contributed by atoms with Crippen LogP contribution in [-0.4, -0.2) is 40.6 Å². The number of hydrogen-bond donors (Lipinski definition) is 1. The number of para-hydroxylation sites is 1. The molecule has 6 heteroatoms. The lowest BCUT2D eigenvalue weighted by Gasteiger charge is -2.24. The Morgan fingerprint density at radius 3 is 2.52 bits per heavy atom. The largest absolute Gasteiger partial charge is 0.348 e. The van der Waals surface area contributed by atoms with E-state index in [1.54, 1.807) is 20.8 Å². The molecule has 23 heavy (non-hydrogen) atoms. The summed E-state index contributed by atoms with van der Waals surface area (Å²) in [5.74, 6) is 0. The van der Waals surface area contributed by atoms with Crippen molar-refractivity contribution in [2.75, 3.05) is 20.6 Å². The van der Waals surface area contributed by atoms with E-state index in [0.717, 1.165) is 23.9 Å². The Balaban J connectivity index is 2.32. The van der Waals surface area contributed by atoms with Gasteiger partial charge in [-0.2, -0.15) is 0 Å². The highest BCUT2D eigenvalue weighted by Crippen LogP contribution is 2.48. The average Bonchev–Trinajstić information content (AvgIpc) is 2.71. The first-order chi connectivity index (χ1) is 10.6. The fourth-order valence-corrected chi connectivity index (χ4v) is 4.17. The highest BCUT2D eigenvalue weighted by molar-refractivity contribution is 7.51. The van der Waals surface area contributed by atoms with E-state index in [1.807, 2.05) is 43.1 Å². The van der Waals surface area contributed by atoms with Crippen LogP contribution in [0, 0.1) is 0 Å². The second-order valence-corrected chi connectivity index (χ2v) is 8.92. The van der Waals surface area contributed by atoms with Crippen LogP contribution in [0.3, 0.4) is 0 Å². The molecule has 0 saturated carbocycles. The minimum atomic E-state index is -3.71. The molecule has 5 nitrogen and oxygen atoms in total. The van der Waals surface area contributed by atoms with E-state index in [2.05, 4.69) is 11.0 Å². The molecule has 1 atom stereocenters. The predicted octanol–water partition coefficient (Wildman–Crippen LogP) is 3.70. The van der Waals surface area contributed by atoms with Crippen molar-refractivity contribution in [3.63, 3.8) is 0 Å². The smallest absolute Gasteiger partial charge is 0.335 e. The molecule has 0 bridgehead atoms. The Labute approximate surface area is 138 Å². The van der Waals surface area contributed by atoms with Crippen molar-refractivity contribution >= 4 is 18.5 Å². The summed E-state index contributed by atoms with van der Waals surface area (Å²) in [6, 6.07) is 7.98. The number of likely N-dealkylation sites (N-methyl/N-ethyl adjacent to an activating group) is 1. The van der Waals surface area contributed by atoms with Gasteiger partial charge in [-0.25, -0.2) is 0 Å². The number of fused-ring (bicyclic) bond motifs is 1. The summed E-state index contributed by atoms with van der Waals surface area (Å²) in [5, 5.41) is 1.13. The van der Waals surface area contributed by atoms with Crippen LogP contribution in [0.4, 0.5) is 0 Å². The van der Waals surface area contributed by atoms with Crippen LogP contribution in [-0.2, 0) is 21.8 Å². The fraction of sp³-hybridized carbons (Fsp3) is 0.529. The molecule has 0 radical (unpaired) electrons. The van der Waals surface area contributed by atoms with Gasteiger partial charge in [-0.3, -0.25) is 4.57 Å². The first kappa shape index (κ1) is 18.2. The Morgan fingerprint density at radius 1 is 1.26 bits per heavy atom. The molecule has 1 N–H and O–H groups in total. The van der Waals surface area contributed by atoms with E-state index >= 15 is 0 Å². The van der Waals surface area contributed by atoms with E-state index in [1.165, 1.54) is 5.56 Å². The van der Waals surface area contributed by atoms with Crippen LogP contribution in [0.5, 0.6) is 0 Å². The zero-order chi connectivity index (χ0) is 17.3. The van der Waals surface area contributed by atoms with Gasteiger partial charge < -0.3 is 18.9 Å². The van der Waals surface area contributed by atoms with Crippen molar-refractivity contribution in [1.29, 1.82) is 0 Å². The molecule has 1 aromatic carbocycles. The third-order valence-corrected chi connectivity index (χ3v) is 4.94. The lowest BCUT2D eigenvalue weighted by atomic mass is 10.1. The Hall–Kier alpha value is -1.13. The molecule has 0 aliphatic rings. The SMILES string of the molecule is CN(C)CCc1cn(CP(=O)(O)OC(C)(C)C)c2ccccc12. The van der Waals surface area contributed by atoms with Crippen molar-refractivity contribution in [3.8, 4) is 0 Å². The Morgan fingerprint density at radius 2 is 1.91 bits per heavy atom. The molecule has 0 saturated heterocycles. The second kappa shape index (κ2) is 6.78. The van der Waals surface area contributed by atoms with Gasteiger partial charge in [0.2, 0.25) is 0 Å². The Kier molecular flexibility index (Phi) is 5.37. The van der Waals surface area contributed by atoms with Gasteiger partial charge in [0.05, 0.1) is 5.60 Å². The maximum absolute atomic E-state index is 12.4. The summed E-state index contributed by atoms with van der Waals surface area (Å²) in [7, 11) is 0.367. The standard InChI is InChI=1S/C17H27N2O3P/c1-17(2,3)22-23(20,21)13-19-12-14(10-11-18(4)5)15-8-6-7-9-16(15)19/h6-9,12H,10-11,13H2,1-5H3,(H,20,21). The predicted molar refractivity (Wildman–Crippen MR) is 94.9 cm³/mol. The number of nitrogens with zero attached hydrogens (tertiary/aromatic N) is 2. The Bertz CT molecular complexity index is 716. The second-order valence-electron chi connectivity index (χ2n) is 7.18. The topological polar surface area (TPSA) is 54.7 Å². The first-order valence-electron chi connectivity index (χ1n) is 7.81. The number of benzene rings is 1. The number of rotatable bonds is 6. The zero-order valence-corrected chi connectivity index (χ0v) is 15.5. The lowest BCUT2D eigenvalue weighted by molar-refractivity contribution is 0.109. The van der Waals surface area contributed by atoms with Crippen molar-refractivity contribution in [2.24, 2.45) is 0 Å². The molecule has 0 amide bonds. The van der Waals surface area contributed by atoms with Gasteiger partial charge in [-0.05, 0) is 52.9 Å². The third-order valence-electron chi connectivity index (χ3n) is 3.45. The molecule has 2 rings (SSSR count). The van der Waals surface area contributed by atoms with Crippen molar-refractivity contribution in [3.05, 3.63) is 36.0 Å². The van der Waals surface area contributed by atoms with Crippen LogP contribution < -0.4 is 0 Å². The lowest BCUT2D eigenvalue weighted by Crippen LogP contribution is -2.18. The van der Waals surface area contributed by atoms with E-state index < -0.39 is 13.2 Å². The van der Waals surface area contributed by atoms with Crippen LogP contribution in [0.2, 0.25) is 0 Å². The molecule has 0 aliphatic heterocycles. The van der Waals surface area contributed by atoms with Crippen molar-refractivity contribution in [1.82, 2.24) is 9.47 Å². The molecular formula is C17H27N2O3P. The first-order valence-corrected chi connectivity index (χ1v) is 9.58. The van der Waals surface area contributed by atoms with Crippen LogP contribution in [0.1, 0.15) is 26.3 Å². The molecule has 1 aromatic heterocycles. The fourth-order valence-electron chi connectivity index (χ4n) is 2.63. The van der Waals surface area contributed by atoms with Gasteiger partial charge in [-0.15, -0.1) is 0 Å². The molecule has 0 aliphatic carbocycles. The van der Waals surface area contributed by atoms with E-state index in [-0.39, 0.29) is 6.29 Å². The quantitative estimate of drug-likeness (QED) is 0.816. The summed E-state index contributed by atoms with van der Waals surface area (Å²) in [6.07, 6.45) is 2.84. The maximum Gasteiger partial charge on any atom is 0.348 e. The van der Waals surface area contributed by atoms with Crippen LogP contribution >= 0.6 is 7.60 Å². The highest BCUT2D eigenvalue weighted by atomic mass is 31.2. The van der Waals surface area contributed by atoms with E-state index in [9.17, 15) is 9.46 Å². The molecule has 2 aromatic rings. The van der Waals surface area contributed by atoms with Gasteiger partial charge >= 0.3 is 7.60 Å². The normalized spacial score (nSPS) is 15.3. The summed E-state index contributed by atoms with van der Waals surface area (Å²) in [6.45, 7) is 6.29. The van der Waals surface area contributed by atoms with Gasteiger partial charge in [0.15, 0.2) is 0 Å². The molecule has 0 spiro atoms. The minimum Gasteiger partial charge on any atom is -0.335 e. The van der Waals surface area contributed by atoms with Crippen LogP contribution in [0.25, 0.3) is 10.9 Å².